The van der Waals surface area contributed by atoms with Crippen molar-refractivity contribution in [2.24, 2.45) is 0 Å². The number of hydrogen-bond donors (Lipinski definition) is 3. The molecular formula is C20H22N6O2S. The first-order valence-corrected chi connectivity index (χ1v) is 11.3. The Morgan fingerprint density at radius 2 is 1.79 bits per heavy atom. The van der Waals surface area contributed by atoms with Crippen LogP contribution in [0.3, 0.4) is 0 Å². The maximum absolute atomic E-state index is 12.6. The molecule has 0 radical (unpaired) electrons. The van der Waals surface area contributed by atoms with Gasteiger partial charge in [0.05, 0.1) is 0 Å². The van der Waals surface area contributed by atoms with E-state index in [-0.39, 0.29) is 11.7 Å². The van der Waals surface area contributed by atoms with Crippen molar-refractivity contribution in [1.82, 2.24) is 24.9 Å². The number of nitrogens with one attached hydrogen (secondary N) is 3. The second-order valence-corrected chi connectivity index (χ2v) is 9.21. The molecule has 2 heterocycles. The molecule has 0 fully saturated rings. The standard InChI is InChI=1S/C20H22N6O2S/c27-29(28,22-12-13-4-3-9-21-11-13)20-24-19(25-26-20)23-18-16-7-1-5-14(16)10-15-6-2-8-17(15)18/h3-4,9-11,22H,1-2,5-8,12H2,(H2,23,24,25,26). The third-order valence-corrected chi connectivity index (χ3v) is 6.84. The highest BCUT2D eigenvalue weighted by molar-refractivity contribution is 7.89. The van der Waals surface area contributed by atoms with E-state index in [0.29, 0.717) is 5.95 Å². The fraction of sp³-hybridized carbons (Fsp3) is 0.350. The summed E-state index contributed by atoms with van der Waals surface area (Å²) in [6.07, 6.45) is 9.85. The molecule has 0 saturated carbocycles. The number of aryl methyl sites for hydroxylation is 2. The Labute approximate surface area is 169 Å². The lowest BCUT2D eigenvalue weighted by atomic mass is 9.99. The monoisotopic (exact) mass is 410 g/mol. The molecular weight excluding hydrogens is 388 g/mol. The number of fused-ring (bicyclic) bond motifs is 2. The molecule has 150 valence electrons. The number of anilines is 2. The minimum atomic E-state index is -3.80. The first-order chi connectivity index (χ1) is 14.1. The molecule has 0 unspecified atom stereocenters. The second-order valence-electron chi connectivity index (χ2n) is 7.52. The van der Waals surface area contributed by atoms with Crippen molar-refractivity contribution in [3.05, 3.63) is 58.4 Å². The van der Waals surface area contributed by atoms with Crippen molar-refractivity contribution in [2.45, 2.75) is 50.2 Å². The number of hydrogen-bond acceptors (Lipinski definition) is 6. The summed E-state index contributed by atoms with van der Waals surface area (Å²) >= 11 is 0. The van der Waals surface area contributed by atoms with Gasteiger partial charge in [0.1, 0.15) is 0 Å². The minimum Gasteiger partial charge on any atom is -0.324 e. The topological polar surface area (TPSA) is 113 Å². The largest absolute Gasteiger partial charge is 0.324 e. The summed E-state index contributed by atoms with van der Waals surface area (Å²) in [7, 11) is -3.80. The van der Waals surface area contributed by atoms with Crippen LogP contribution in [0.5, 0.6) is 0 Å². The highest BCUT2D eigenvalue weighted by Crippen LogP contribution is 2.39. The summed E-state index contributed by atoms with van der Waals surface area (Å²) in [5, 5.41) is 11.0. The minimum absolute atomic E-state index is 0.138. The van der Waals surface area contributed by atoms with Crippen molar-refractivity contribution < 1.29 is 8.42 Å². The van der Waals surface area contributed by atoms with Crippen LogP contribution in [0, 0.1) is 0 Å². The van der Waals surface area contributed by atoms with Gasteiger partial charge in [-0.25, -0.2) is 13.1 Å². The molecule has 0 bridgehead atoms. The van der Waals surface area contributed by atoms with E-state index in [1.807, 2.05) is 0 Å². The van der Waals surface area contributed by atoms with Crippen LogP contribution in [0.1, 0.15) is 40.7 Å². The third kappa shape index (κ3) is 3.51. The Balaban J connectivity index is 1.38. The summed E-state index contributed by atoms with van der Waals surface area (Å²) in [5.74, 6) is 0.348. The Morgan fingerprint density at radius 1 is 1.03 bits per heavy atom. The van der Waals surface area contributed by atoms with Gasteiger partial charge in [-0.1, -0.05) is 12.1 Å². The van der Waals surface area contributed by atoms with Crippen LogP contribution < -0.4 is 10.0 Å². The molecule has 1 aromatic carbocycles. The van der Waals surface area contributed by atoms with Crippen LogP contribution in [-0.4, -0.2) is 28.6 Å². The molecule has 2 aromatic heterocycles. The number of benzene rings is 1. The first-order valence-electron chi connectivity index (χ1n) is 9.85. The molecule has 0 saturated heterocycles. The Kier molecular flexibility index (Phi) is 4.56. The summed E-state index contributed by atoms with van der Waals surface area (Å²) in [6, 6.07) is 5.92. The van der Waals surface area contributed by atoms with Gasteiger partial charge in [0.25, 0.3) is 15.2 Å². The quantitative estimate of drug-likeness (QED) is 0.575. The molecule has 3 aromatic rings. The third-order valence-electron chi connectivity index (χ3n) is 5.63. The lowest BCUT2D eigenvalue weighted by Gasteiger charge is -2.15. The van der Waals surface area contributed by atoms with E-state index in [2.05, 4.69) is 36.3 Å². The van der Waals surface area contributed by atoms with Gasteiger partial charge in [-0.05, 0) is 72.4 Å². The normalized spacial score (nSPS) is 15.3. The number of sulfonamides is 1. The lowest BCUT2D eigenvalue weighted by molar-refractivity contribution is 0.572. The molecule has 2 aliphatic carbocycles. The van der Waals surface area contributed by atoms with Crippen LogP contribution in [0.4, 0.5) is 11.6 Å². The Morgan fingerprint density at radius 3 is 2.48 bits per heavy atom. The average molecular weight is 411 g/mol. The average Bonchev–Trinajstić information content (AvgIpc) is 3.47. The smallest absolute Gasteiger partial charge is 0.276 e. The van der Waals surface area contributed by atoms with E-state index in [9.17, 15) is 8.42 Å². The van der Waals surface area contributed by atoms with Gasteiger partial charge in [-0.3, -0.25) is 9.97 Å². The maximum atomic E-state index is 12.6. The molecule has 3 N–H and O–H groups in total. The predicted molar refractivity (Wildman–Crippen MR) is 108 cm³/mol. The molecule has 0 aliphatic heterocycles. The van der Waals surface area contributed by atoms with Crippen molar-refractivity contribution >= 4 is 21.7 Å². The van der Waals surface area contributed by atoms with Crippen molar-refractivity contribution in [3.8, 4) is 0 Å². The zero-order chi connectivity index (χ0) is 19.8. The van der Waals surface area contributed by atoms with E-state index in [0.717, 1.165) is 49.8 Å². The number of rotatable bonds is 6. The van der Waals surface area contributed by atoms with Gasteiger partial charge in [-0.2, -0.15) is 0 Å². The highest BCUT2D eigenvalue weighted by Gasteiger charge is 2.25. The zero-order valence-electron chi connectivity index (χ0n) is 15.9. The SMILES string of the molecule is O=S(=O)(NCc1cccnc1)c1nnc(Nc2c3c(cc4c2CCC4)CCC3)[nH]1. The first kappa shape index (κ1) is 18.3. The molecule has 0 atom stereocenters. The number of nitrogens with zero attached hydrogens (tertiary/aromatic N) is 3. The van der Waals surface area contributed by atoms with Crippen molar-refractivity contribution in [2.75, 3.05) is 5.32 Å². The predicted octanol–water partition coefficient (Wildman–Crippen LogP) is 2.40. The molecule has 2 aliphatic rings. The van der Waals surface area contributed by atoms with Crippen molar-refractivity contribution in [3.63, 3.8) is 0 Å². The molecule has 0 amide bonds. The number of aromatic nitrogens is 4. The van der Waals surface area contributed by atoms with E-state index in [4.69, 9.17) is 0 Å². The van der Waals surface area contributed by atoms with Gasteiger partial charge < -0.3 is 5.32 Å². The van der Waals surface area contributed by atoms with Gasteiger partial charge in [0.15, 0.2) is 0 Å². The number of H-pyrrole nitrogens is 1. The van der Waals surface area contributed by atoms with Gasteiger partial charge in [0.2, 0.25) is 5.95 Å². The zero-order valence-corrected chi connectivity index (χ0v) is 16.7. The summed E-state index contributed by atoms with van der Waals surface area (Å²) in [5.41, 5.74) is 7.33. The van der Waals surface area contributed by atoms with Crippen molar-refractivity contribution in [1.29, 1.82) is 0 Å². The van der Waals surface area contributed by atoms with E-state index < -0.39 is 10.0 Å². The Hall–Kier alpha value is -2.78. The molecule has 8 nitrogen and oxygen atoms in total. The fourth-order valence-electron chi connectivity index (χ4n) is 4.26. The molecule has 9 heteroatoms. The van der Waals surface area contributed by atoms with Gasteiger partial charge in [-0.15, -0.1) is 10.2 Å². The van der Waals surface area contributed by atoms with Gasteiger partial charge >= 0.3 is 0 Å². The molecule has 0 spiro atoms. The fourth-order valence-corrected chi connectivity index (χ4v) is 5.13. The summed E-state index contributed by atoms with van der Waals surface area (Å²) < 4.78 is 27.6. The van der Waals surface area contributed by atoms with Crippen LogP contribution in [0.25, 0.3) is 0 Å². The van der Waals surface area contributed by atoms with Crippen LogP contribution in [0.2, 0.25) is 0 Å². The summed E-state index contributed by atoms with van der Waals surface area (Å²) in [4.78, 5) is 6.81. The summed E-state index contributed by atoms with van der Waals surface area (Å²) in [6.45, 7) is 0.138. The number of aromatic amines is 1. The molecule has 5 rings (SSSR count). The van der Waals surface area contributed by atoms with E-state index in [1.165, 1.54) is 22.3 Å². The van der Waals surface area contributed by atoms with Crippen LogP contribution >= 0.6 is 0 Å². The van der Waals surface area contributed by atoms with E-state index in [1.54, 1.807) is 24.5 Å². The van der Waals surface area contributed by atoms with E-state index >= 15 is 0 Å². The second kappa shape index (κ2) is 7.23. The highest BCUT2D eigenvalue weighted by atomic mass is 32.2. The van der Waals surface area contributed by atoms with Crippen LogP contribution in [-0.2, 0) is 42.3 Å². The molecule has 29 heavy (non-hydrogen) atoms. The van der Waals surface area contributed by atoms with Gasteiger partial charge in [0, 0.05) is 24.6 Å². The Bertz CT molecular complexity index is 1120. The maximum Gasteiger partial charge on any atom is 0.276 e. The lowest BCUT2D eigenvalue weighted by Crippen LogP contribution is -2.24. The van der Waals surface area contributed by atoms with Crippen LogP contribution in [0.15, 0.2) is 35.7 Å². The number of pyridine rings is 1.